The highest BCUT2D eigenvalue weighted by Crippen LogP contribution is 2.48. The Kier molecular flexibility index (Phi) is 7.88. The molecule has 0 bridgehead atoms. The van der Waals surface area contributed by atoms with Crippen molar-refractivity contribution < 1.29 is 19.1 Å². The van der Waals surface area contributed by atoms with Crippen LogP contribution in [0.1, 0.15) is 68.8 Å². The van der Waals surface area contributed by atoms with Crippen molar-refractivity contribution in [1.82, 2.24) is 15.3 Å². The summed E-state index contributed by atoms with van der Waals surface area (Å²) in [5.41, 5.74) is 2.72. The lowest BCUT2D eigenvalue weighted by Gasteiger charge is -2.44. The van der Waals surface area contributed by atoms with Gasteiger partial charge in [0.25, 0.3) is 0 Å². The molecule has 2 aromatic heterocycles. The van der Waals surface area contributed by atoms with Gasteiger partial charge in [0, 0.05) is 29.9 Å². The number of anilines is 1. The predicted octanol–water partition coefficient (Wildman–Crippen LogP) is 4.00. The van der Waals surface area contributed by atoms with Crippen molar-refractivity contribution in [2.45, 2.75) is 64.8 Å². The Morgan fingerprint density at radius 3 is 2.80 bits per heavy atom. The average molecular weight is 481 g/mol. The molecule has 1 fully saturated rings. The molecule has 35 heavy (non-hydrogen) atoms. The van der Waals surface area contributed by atoms with Gasteiger partial charge in [-0.25, -0.2) is 9.97 Å². The van der Waals surface area contributed by atoms with E-state index in [2.05, 4.69) is 27.8 Å². The van der Waals surface area contributed by atoms with E-state index in [0.717, 1.165) is 62.1 Å². The van der Waals surface area contributed by atoms with Gasteiger partial charge in [-0.2, -0.15) is 0 Å². The summed E-state index contributed by atoms with van der Waals surface area (Å²) in [5, 5.41) is 6.49. The Morgan fingerprint density at radius 2 is 2.09 bits per heavy atom. The lowest BCUT2D eigenvalue weighted by molar-refractivity contribution is -0.144. The fourth-order valence-electron chi connectivity index (χ4n) is 5.15. The van der Waals surface area contributed by atoms with Gasteiger partial charge in [-0.05, 0) is 68.6 Å². The Morgan fingerprint density at radius 1 is 1.26 bits per heavy atom. The van der Waals surface area contributed by atoms with E-state index < -0.39 is 11.5 Å². The fraction of sp³-hybridized carbons (Fsp3) is 0.556. The monoisotopic (exact) mass is 480 g/mol. The molecule has 0 aromatic carbocycles. The Hall–Kier alpha value is -3.16. The van der Waals surface area contributed by atoms with Crippen LogP contribution in [0.2, 0.25) is 0 Å². The van der Waals surface area contributed by atoms with E-state index in [1.807, 2.05) is 13.0 Å². The van der Waals surface area contributed by atoms with Gasteiger partial charge in [-0.3, -0.25) is 9.59 Å². The SMILES string of the molecule is CCOC(=O)C[C@H](NC(=O)C1(C)CC(CCc2ccc3c(n2)NCCC3)C1)c1ccc(OC)nc1. The second-order valence-corrected chi connectivity index (χ2v) is 9.88. The molecule has 1 aliphatic carbocycles. The van der Waals surface area contributed by atoms with E-state index in [-0.39, 0.29) is 18.3 Å². The van der Waals surface area contributed by atoms with Gasteiger partial charge in [0.1, 0.15) is 5.82 Å². The zero-order valence-corrected chi connectivity index (χ0v) is 20.9. The molecule has 1 atom stereocenters. The van der Waals surface area contributed by atoms with Crippen LogP contribution in [0.15, 0.2) is 30.5 Å². The van der Waals surface area contributed by atoms with Gasteiger partial charge in [-0.15, -0.1) is 0 Å². The summed E-state index contributed by atoms with van der Waals surface area (Å²) in [5.74, 6) is 1.62. The molecule has 0 spiro atoms. The van der Waals surface area contributed by atoms with Gasteiger partial charge >= 0.3 is 5.97 Å². The maximum absolute atomic E-state index is 13.2. The highest BCUT2D eigenvalue weighted by molar-refractivity contribution is 5.84. The van der Waals surface area contributed by atoms with Crippen molar-refractivity contribution >= 4 is 17.7 Å². The zero-order chi connectivity index (χ0) is 24.8. The van der Waals surface area contributed by atoms with Crippen LogP contribution in [0.3, 0.4) is 0 Å². The number of carbonyl (C=O) groups is 2. The summed E-state index contributed by atoms with van der Waals surface area (Å²) < 4.78 is 10.3. The minimum Gasteiger partial charge on any atom is -0.481 e. The minimum absolute atomic E-state index is 0.0324. The summed E-state index contributed by atoms with van der Waals surface area (Å²) in [7, 11) is 1.55. The Labute approximate surface area is 207 Å². The highest BCUT2D eigenvalue weighted by Gasteiger charge is 2.46. The molecule has 8 heteroatoms. The first kappa shape index (κ1) is 24.9. The number of ether oxygens (including phenoxy) is 2. The van der Waals surface area contributed by atoms with Crippen LogP contribution in [-0.4, -0.2) is 42.1 Å². The van der Waals surface area contributed by atoms with Crippen molar-refractivity contribution in [3.8, 4) is 5.88 Å². The quantitative estimate of drug-likeness (QED) is 0.496. The van der Waals surface area contributed by atoms with Crippen LogP contribution in [-0.2, 0) is 27.2 Å². The van der Waals surface area contributed by atoms with Crippen molar-refractivity contribution in [3.05, 3.63) is 47.3 Å². The number of hydrogen-bond donors (Lipinski definition) is 2. The zero-order valence-electron chi connectivity index (χ0n) is 20.9. The number of aromatic nitrogens is 2. The first-order chi connectivity index (χ1) is 16.9. The molecule has 2 aromatic rings. The van der Waals surface area contributed by atoms with Crippen LogP contribution in [0, 0.1) is 11.3 Å². The number of hydrogen-bond acceptors (Lipinski definition) is 7. The molecule has 188 valence electrons. The average Bonchev–Trinajstić information content (AvgIpc) is 2.85. The lowest BCUT2D eigenvalue weighted by Crippen LogP contribution is -2.49. The molecular weight excluding hydrogens is 444 g/mol. The van der Waals surface area contributed by atoms with Crippen molar-refractivity contribution in [2.75, 3.05) is 25.6 Å². The van der Waals surface area contributed by atoms with Crippen molar-refractivity contribution in [2.24, 2.45) is 11.3 Å². The Bertz CT molecular complexity index is 1030. The van der Waals surface area contributed by atoms with Gasteiger partial charge in [-0.1, -0.05) is 19.1 Å². The summed E-state index contributed by atoms with van der Waals surface area (Å²) in [6, 6.07) is 7.38. The van der Waals surface area contributed by atoms with Gasteiger partial charge in [0.2, 0.25) is 11.8 Å². The van der Waals surface area contributed by atoms with Gasteiger partial charge in [0.15, 0.2) is 0 Å². The summed E-state index contributed by atoms with van der Waals surface area (Å²) in [6.45, 7) is 5.07. The number of pyridine rings is 2. The number of aryl methyl sites for hydroxylation is 2. The van der Waals surface area contributed by atoms with Crippen LogP contribution >= 0.6 is 0 Å². The van der Waals surface area contributed by atoms with Gasteiger partial charge < -0.3 is 20.1 Å². The van der Waals surface area contributed by atoms with Gasteiger partial charge in [0.05, 0.1) is 26.2 Å². The maximum Gasteiger partial charge on any atom is 0.308 e. The summed E-state index contributed by atoms with van der Waals surface area (Å²) >= 11 is 0. The highest BCUT2D eigenvalue weighted by atomic mass is 16.5. The van der Waals surface area contributed by atoms with E-state index in [9.17, 15) is 9.59 Å². The molecule has 0 radical (unpaired) electrons. The van der Waals surface area contributed by atoms with E-state index in [0.29, 0.717) is 18.4 Å². The van der Waals surface area contributed by atoms with E-state index in [4.69, 9.17) is 14.5 Å². The number of carbonyl (C=O) groups excluding carboxylic acids is 2. The third-order valence-electron chi connectivity index (χ3n) is 7.14. The second-order valence-electron chi connectivity index (χ2n) is 9.88. The molecule has 3 heterocycles. The summed E-state index contributed by atoms with van der Waals surface area (Å²) in [6.07, 6.45) is 7.54. The molecule has 4 rings (SSSR count). The van der Waals surface area contributed by atoms with Crippen molar-refractivity contribution in [1.29, 1.82) is 0 Å². The van der Waals surface area contributed by atoms with E-state index in [1.54, 1.807) is 26.3 Å². The minimum atomic E-state index is -0.497. The smallest absolute Gasteiger partial charge is 0.308 e. The predicted molar refractivity (Wildman–Crippen MR) is 133 cm³/mol. The number of nitrogens with one attached hydrogen (secondary N) is 2. The van der Waals surface area contributed by atoms with Crippen LogP contribution in [0.5, 0.6) is 5.88 Å². The third kappa shape index (κ3) is 6.10. The van der Waals surface area contributed by atoms with E-state index in [1.165, 1.54) is 5.56 Å². The lowest BCUT2D eigenvalue weighted by atomic mass is 9.61. The maximum atomic E-state index is 13.2. The number of esters is 1. The normalized spacial score (nSPS) is 21.6. The largest absolute Gasteiger partial charge is 0.481 e. The first-order valence-electron chi connectivity index (χ1n) is 12.6. The molecule has 2 N–H and O–H groups in total. The summed E-state index contributed by atoms with van der Waals surface area (Å²) in [4.78, 5) is 34.5. The molecule has 0 unspecified atom stereocenters. The number of nitrogens with zero attached hydrogens (tertiary/aromatic N) is 2. The first-order valence-corrected chi connectivity index (χ1v) is 12.6. The molecule has 1 saturated carbocycles. The number of amides is 1. The van der Waals surface area contributed by atoms with E-state index >= 15 is 0 Å². The van der Waals surface area contributed by atoms with Crippen LogP contribution in [0.4, 0.5) is 5.82 Å². The standard InChI is InChI=1S/C27H36N4O4/c1-4-35-24(32)14-22(20-9-12-23(34-3)29-17-20)31-26(33)27(2)15-18(16-27)7-10-21-11-8-19-6-5-13-28-25(19)30-21/h8-9,11-12,17-18,22H,4-7,10,13-16H2,1-3H3,(H,28,30)(H,31,33)/t18?,22-,27?/m0/s1. The van der Waals surface area contributed by atoms with Crippen LogP contribution < -0.4 is 15.4 Å². The Balaban J connectivity index is 1.32. The molecule has 2 aliphatic rings. The fourth-order valence-corrected chi connectivity index (χ4v) is 5.15. The molecule has 1 aliphatic heterocycles. The molecule has 1 amide bonds. The molecular formula is C27H36N4O4. The number of rotatable bonds is 10. The topological polar surface area (TPSA) is 102 Å². The number of methoxy groups -OCH3 is 1. The second kappa shape index (κ2) is 11.1. The van der Waals surface area contributed by atoms with Crippen LogP contribution in [0.25, 0.3) is 0 Å². The molecule has 0 saturated heterocycles. The van der Waals surface area contributed by atoms with Crippen molar-refractivity contribution in [3.63, 3.8) is 0 Å². The number of fused-ring (bicyclic) bond motifs is 1. The third-order valence-corrected chi connectivity index (χ3v) is 7.14. The molecule has 8 nitrogen and oxygen atoms in total.